The molecular formula is C15H18N4S3. The Morgan fingerprint density at radius 3 is 1.91 bits per heavy atom. The first kappa shape index (κ1) is 15.7. The Hall–Kier alpha value is -1.15. The molecule has 3 heterocycles. The Morgan fingerprint density at radius 2 is 1.36 bits per heavy atom. The summed E-state index contributed by atoms with van der Waals surface area (Å²) in [6.45, 7) is 0. The highest BCUT2D eigenvalue weighted by molar-refractivity contribution is 7.10. The van der Waals surface area contributed by atoms with Crippen LogP contribution >= 0.6 is 34.0 Å². The zero-order valence-corrected chi connectivity index (χ0v) is 14.5. The van der Waals surface area contributed by atoms with Gasteiger partial charge in [-0.05, 0) is 18.8 Å². The van der Waals surface area contributed by atoms with Crippen molar-refractivity contribution >= 4 is 34.0 Å². The monoisotopic (exact) mass is 350 g/mol. The third kappa shape index (κ3) is 4.42. The Bertz CT molecular complexity index is 634. The molecule has 0 fully saturated rings. The highest BCUT2D eigenvalue weighted by Gasteiger charge is 2.21. The molecule has 0 bridgehead atoms. The molecule has 4 nitrogen and oxygen atoms in total. The van der Waals surface area contributed by atoms with Crippen molar-refractivity contribution < 1.29 is 0 Å². The predicted octanol–water partition coefficient (Wildman–Crippen LogP) is 3.42. The maximum Gasteiger partial charge on any atom is 0.0940 e. The fourth-order valence-corrected chi connectivity index (χ4v) is 4.49. The van der Waals surface area contributed by atoms with Gasteiger partial charge in [0.25, 0.3) is 0 Å². The van der Waals surface area contributed by atoms with Crippen LogP contribution < -0.4 is 5.73 Å². The quantitative estimate of drug-likeness (QED) is 0.676. The average Bonchev–Trinajstić information content (AvgIpc) is 3.26. The Balaban J connectivity index is 1.64. The van der Waals surface area contributed by atoms with Crippen LogP contribution in [0.2, 0.25) is 0 Å². The van der Waals surface area contributed by atoms with Gasteiger partial charge in [0.2, 0.25) is 0 Å². The first-order valence-electron chi connectivity index (χ1n) is 7.22. The Labute approximate surface area is 142 Å². The van der Waals surface area contributed by atoms with E-state index in [4.69, 9.17) is 5.73 Å². The summed E-state index contributed by atoms with van der Waals surface area (Å²) in [6, 6.07) is 0.106. The predicted molar refractivity (Wildman–Crippen MR) is 93.5 cm³/mol. The van der Waals surface area contributed by atoms with Gasteiger partial charge in [-0.25, -0.2) is 15.0 Å². The second-order valence-electron chi connectivity index (χ2n) is 5.15. The molecule has 0 aliphatic carbocycles. The summed E-state index contributed by atoms with van der Waals surface area (Å²) in [5, 5.41) is 9.53. The van der Waals surface area contributed by atoms with E-state index in [1.54, 1.807) is 34.0 Å². The van der Waals surface area contributed by atoms with Crippen LogP contribution in [0.3, 0.4) is 0 Å². The minimum atomic E-state index is 0.106. The van der Waals surface area contributed by atoms with Crippen molar-refractivity contribution in [1.82, 2.24) is 15.0 Å². The lowest BCUT2D eigenvalue weighted by Crippen LogP contribution is -2.34. The molecule has 7 heteroatoms. The number of nitrogens with two attached hydrogens (primary N) is 1. The van der Waals surface area contributed by atoms with E-state index in [1.807, 2.05) is 34.7 Å². The Kier molecular flexibility index (Phi) is 5.66. The molecule has 3 aromatic rings. The lowest BCUT2D eigenvalue weighted by Gasteiger charge is -2.22. The highest BCUT2D eigenvalue weighted by Crippen LogP contribution is 2.22. The zero-order chi connectivity index (χ0) is 15.2. The standard InChI is InChI=1S/C15H18N4S3/c16-12(10-15-19-5-8-22-15)11(9-14-18-4-7-21-14)1-2-13-17-3-6-20-13/h3-8,11-12H,1-2,9-10,16H2. The van der Waals surface area contributed by atoms with Gasteiger partial charge in [-0.2, -0.15) is 0 Å². The number of aromatic nitrogens is 3. The summed E-state index contributed by atoms with van der Waals surface area (Å²) in [5.74, 6) is 0.402. The summed E-state index contributed by atoms with van der Waals surface area (Å²) < 4.78 is 0. The van der Waals surface area contributed by atoms with Crippen LogP contribution in [0.4, 0.5) is 0 Å². The zero-order valence-electron chi connectivity index (χ0n) is 12.1. The van der Waals surface area contributed by atoms with Crippen molar-refractivity contribution in [3.63, 3.8) is 0 Å². The molecule has 0 spiro atoms. The third-order valence-corrected chi connectivity index (χ3v) is 6.08. The molecule has 2 atom stereocenters. The van der Waals surface area contributed by atoms with Crippen LogP contribution in [-0.4, -0.2) is 21.0 Å². The fraction of sp³-hybridized carbons (Fsp3) is 0.400. The summed E-state index contributed by atoms with van der Waals surface area (Å²) in [7, 11) is 0. The number of nitrogens with zero attached hydrogens (tertiary/aromatic N) is 3. The number of hydrogen-bond donors (Lipinski definition) is 1. The fourth-order valence-electron chi connectivity index (χ4n) is 2.45. The molecule has 22 heavy (non-hydrogen) atoms. The van der Waals surface area contributed by atoms with E-state index in [-0.39, 0.29) is 6.04 Å². The number of rotatable bonds is 8. The van der Waals surface area contributed by atoms with E-state index >= 15 is 0 Å². The molecule has 116 valence electrons. The third-order valence-electron chi connectivity index (χ3n) is 3.63. The van der Waals surface area contributed by atoms with E-state index < -0.39 is 0 Å². The molecular weight excluding hydrogens is 332 g/mol. The second kappa shape index (κ2) is 7.92. The normalized spacial score (nSPS) is 14.0. The van der Waals surface area contributed by atoms with Gasteiger partial charge >= 0.3 is 0 Å². The van der Waals surface area contributed by atoms with Crippen molar-refractivity contribution in [2.75, 3.05) is 0 Å². The molecule has 0 aliphatic heterocycles. The second-order valence-corrected chi connectivity index (χ2v) is 8.09. The van der Waals surface area contributed by atoms with E-state index in [0.29, 0.717) is 5.92 Å². The number of aryl methyl sites for hydroxylation is 1. The number of hydrogen-bond acceptors (Lipinski definition) is 7. The first-order valence-corrected chi connectivity index (χ1v) is 9.86. The molecule has 3 aromatic heterocycles. The summed E-state index contributed by atoms with van der Waals surface area (Å²) in [5.41, 5.74) is 6.49. The maximum atomic E-state index is 6.49. The lowest BCUT2D eigenvalue weighted by atomic mass is 9.90. The van der Waals surface area contributed by atoms with Crippen molar-refractivity contribution in [2.24, 2.45) is 11.7 Å². The molecule has 2 N–H and O–H groups in total. The van der Waals surface area contributed by atoms with Gasteiger partial charge in [0, 0.05) is 53.6 Å². The molecule has 0 aliphatic rings. The summed E-state index contributed by atoms with van der Waals surface area (Å²) in [4.78, 5) is 13.2. The van der Waals surface area contributed by atoms with E-state index in [9.17, 15) is 0 Å². The maximum absolute atomic E-state index is 6.49. The molecule has 0 aromatic carbocycles. The van der Waals surface area contributed by atoms with Crippen LogP contribution in [0.1, 0.15) is 21.4 Å². The minimum absolute atomic E-state index is 0.106. The van der Waals surface area contributed by atoms with Crippen molar-refractivity contribution in [2.45, 2.75) is 31.7 Å². The lowest BCUT2D eigenvalue weighted by molar-refractivity contribution is 0.387. The van der Waals surface area contributed by atoms with Gasteiger partial charge < -0.3 is 5.73 Å². The molecule has 0 amide bonds. The van der Waals surface area contributed by atoms with Crippen LogP contribution in [0.15, 0.2) is 34.7 Å². The molecule has 0 saturated carbocycles. The first-order chi connectivity index (χ1) is 10.8. The number of thiazole rings is 3. The van der Waals surface area contributed by atoms with Gasteiger partial charge in [0.1, 0.15) is 0 Å². The summed E-state index contributed by atoms with van der Waals surface area (Å²) >= 11 is 5.10. The SMILES string of the molecule is NC(Cc1nccs1)C(CCc1nccs1)Cc1nccs1. The molecule has 0 saturated heterocycles. The van der Waals surface area contributed by atoms with Gasteiger partial charge in [0.05, 0.1) is 15.0 Å². The minimum Gasteiger partial charge on any atom is -0.327 e. The van der Waals surface area contributed by atoms with Gasteiger partial charge in [-0.3, -0.25) is 0 Å². The molecule has 0 radical (unpaired) electrons. The van der Waals surface area contributed by atoms with Crippen LogP contribution in [0.25, 0.3) is 0 Å². The molecule has 3 rings (SSSR count). The van der Waals surface area contributed by atoms with Crippen LogP contribution in [0.5, 0.6) is 0 Å². The van der Waals surface area contributed by atoms with Crippen molar-refractivity contribution in [1.29, 1.82) is 0 Å². The van der Waals surface area contributed by atoms with Crippen LogP contribution in [-0.2, 0) is 19.3 Å². The largest absolute Gasteiger partial charge is 0.327 e. The summed E-state index contributed by atoms with van der Waals surface area (Å²) in [6.07, 6.45) is 9.38. The average molecular weight is 351 g/mol. The van der Waals surface area contributed by atoms with E-state index in [0.717, 1.165) is 30.7 Å². The van der Waals surface area contributed by atoms with Crippen molar-refractivity contribution in [3.05, 3.63) is 49.8 Å². The highest BCUT2D eigenvalue weighted by atomic mass is 32.1. The van der Waals surface area contributed by atoms with Gasteiger partial charge in [-0.15, -0.1) is 34.0 Å². The van der Waals surface area contributed by atoms with Gasteiger partial charge in [-0.1, -0.05) is 0 Å². The van der Waals surface area contributed by atoms with Crippen LogP contribution in [0, 0.1) is 5.92 Å². The topological polar surface area (TPSA) is 64.7 Å². The smallest absolute Gasteiger partial charge is 0.0940 e. The molecule has 2 unspecified atom stereocenters. The van der Waals surface area contributed by atoms with Crippen molar-refractivity contribution in [3.8, 4) is 0 Å². The van der Waals surface area contributed by atoms with E-state index in [2.05, 4.69) is 15.0 Å². The Morgan fingerprint density at radius 1 is 0.818 bits per heavy atom. The van der Waals surface area contributed by atoms with Gasteiger partial charge in [0.15, 0.2) is 0 Å². The van der Waals surface area contributed by atoms with E-state index in [1.165, 1.54) is 10.0 Å².